The van der Waals surface area contributed by atoms with Gasteiger partial charge in [0.2, 0.25) is 11.2 Å². The van der Waals surface area contributed by atoms with E-state index < -0.39 is 69.3 Å². The zero-order valence-electron chi connectivity index (χ0n) is 14.3. The molecule has 0 spiro atoms. The summed E-state index contributed by atoms with van der Waals surface area (Å²) in [5, 5.41) is 38.5. The molecule has 1 heterocycles. The van der Waals surface area contributed by atoms with Crippen molar-refractivity contribution in [3.05, 3.63) is 46.5 Å². The van der Waals surface area contributed by atoms with E-state index in [1.807, 2.05) is 0 Å². The molecule has 3 aromatic rings. The van der Waals surface area contributed by atoms with Crippen molar-refractivity contribution >= 4 is 11.0 Å². The summed E-state index contributed by atoms with van der Waals surface area (Å²) in [4.78, 5) is 12.3. The molecule has 21 heavy (non-hydrogen) atoms. The molecule has 0 saturated heterocycles. The van der Waals surface area contributed by atoms with Crippen LogP contribution in [0.3, 0.4) is 0 Å². The van der Waals surface area contributed by atoms with E-state index in [0.717, 1.165) is 12.1 Å². The van der Waals surface area contributed by atoms with Crippen LogP contribution in [0, 0.1) is 0 Å². The summed E-state index contributed by atoms with van der Waals surface area (Å²) < 4.78 is 36.2. The largest absolute Gasteiger partial charge is 0.508 e. The van der Waals surface area contributed by atoms with Gasteiger partial charge in [0.05, 0.1) is 5.48 Å². The quantitative estimate of drug-likeness (QED) is 0.547. The smallest absolute Gasteiger partial charge is 0.238 e. The fourth-order valence-corrected chi connectivity index (χ4v) is 1.86. The van der Waals surface area contributed by atoms with E-state index in [4.69, 9.17) is 9.90 Å². The van der Waals surface area contributed by atoms with Gasteiger partial charge < -0.3 is 24.8 Å². The van der Waals surface area contributed by atoms with Crippen LogP contribution in [0.4, 0.5) is 0 Å². The van der Waals surface area contributed by atoms with Crippen molar-refractivity contribution in [2.45, 2.75) is 0 Å². The van der Waals surface area contributed by atoms with Crippen LogP contribution in [-0.2, 0) is 0 Å². The molecule has 0 aliphatic heterocycles. The summed E-state index contributed by atoms with van der Waals surface area (Å²) in [5.41, 5.74) is -1.97. The van der Waals surface area contributed by atoms with Crippen LogP contribution < -0.4 is 5.43 Å². The van der Waals surface area contributed by atoms with Gasteiger partial charge in [-0.15, -0.1) is 0 Å². The van der Waals surface area contributed by atoms with Gasteiger partial charge in [0.15, 0.2) is 5.76 Å². The lowest BCUT2D eigenvalue weighted by atomic mass is 10.1. The van der Waals surface area contributed by atoms with Crippen LogP contribution in [0.5, 0.6) is 23.0 Å². The average molecular weight is 290 g/mol. The van der Waals surface area contributed by atoms with Crippen molar-refractivity contribution < 1.29 is 30.3 Å². The normalized spacial score (nSPS) is 13.5. The minimum Gasteiger partial charge on any atom is -0.508 e. The maximum Gasteiger partial charge on any atom is 0.238 e. The molecule has 0 atom stereocenters. The highest BCUT2D eigenvalue weighted by Crippen LogP contribution is 2.35. The molecular weight excluding hydrogens is 276 g/mol. The topological polar surface area (TPSA) is 111 Å². The van der Waals surface area contributed by atoms with E-state index in [1.54, 1.807) is 0 Å². The number of hydrogen-bond acceptors (Lipinski definition) is 6. The molecule has 2 aromatic carbocycles. The molecule has 106 valence electrons. The molecule has 0 saturated carbocycles. The second-order valence-corrected chi connectivity index (χ2v) is 4.17. The lowest BCUT2D eigenvalue weighted by molar-refractivity contribution is 0.438. The molecule has 4 N–H and O–H groups in total. The minimum atomic E-state index is -1.08. The van der Waals surface area contributed by atoms with Crippen LogP contribution >= 0.6 is 0 Å². The van der Waals surface area contributed by atoms with E-state index in [0.29, 0.717) is 0 Å². The molecule has 0 bridgehead atoms. The van der Waals surface area contributed by atoms with Crippen LogP contribution in [0.2, 0.25) is 0 Å². The van der Waals surface area contributed by atoms with Crippen molar-refractivity contribution in [1.82, 2.24) is 0 Å². The summed E-state index contributed by atoms with van der Waals surface area (Å²) >= 11 is 0. The third-order valence-electron chi connectivity index (χ3n) is 2.77. The Kier molecular flexibility index (Phi) is 1.89. The second-order valence-electron chi connectivity index (χ2n) is 4.17. The first-order chi connectivity index (χ1) is 11.6. The molecule has 6 heteroatoms. The Morgan fingerprint density at radius 3 is 2.29 bits per heavy atom. The zero-order valence-corrected chi connectivity index (χ0v) is 10.3. The van der Waals surface area contributed by atoms with Crippen molar-refractivity contribution in [3.63, 3.8) is 0 Å². The monoisotopic (exact) mass is 290 g/mol. The maximum atomic E-state index is 12.3. The average Bonchev–Trinajstić information content (AvgIpc) is 2.55. The minimum absolute atomic E-state index is 0.333. The first-order valence-corrected chi connectivity index (χ1v) is 5.66. The van der Waals surface area contributed by atoms with Gasteiger partial charge >= 0.3 is 0 Å². The van der Waals surface area contributed by atoms with Gasteiger partial charge in [-0.05, 0) is 24.2 Å². The second kappa shape index (κ2) is 4.45. The third kappa shape index (κ3) is 2.02. The van der Waals surface area contributed by atoms with Crippen molar-refractivity contribution in [3.8, 4) is 34.3 Å². The Morgan fingerprint density at radius 2 is 1.62 bits per heavy atom. The lowest BCUT2D eigenvalue weighted by Gasteiger charge is -2.07. The fraction of sp³-hybridized carbons (Fsp3) is 0. The van der Waals surface area contributed by atoms with Crippen molar-refractivity contribution in [2.24, 2.45) is 0 Å². The van der Waals surface area contributed by atoms with Gasteiger partial charge in [0.25, 0.3) is 0 Å². The highest BCUT2D eigenvalue weighted by Gasteiger charge is 2.18. The summed E-state index contributed by atoms with van der Waals surface area (Å²) in [6.07, 6.45) is 0. The van der Waals surface area contributed by atoms with Crippen LogP contribution in [0.25, 0.3) is 22.3 Å². The van der Waals surface area contributed by atoms with E-state index in [2.05, 4.69) is 0 Å². The highest BCUT2D eigenvalue weighted by molar-refractivity contribution is 5.88. The first-order valence-electron chi connectivity index (χ1n) is 7.66. The SMILES string of the molecule is [2H]c1c([2H])c(-c2oc3cc(O)cc(O)c3c(=O)c2O)c([2H])c([2H])c1O. The Labute approximate surface area is 123 Å². The number of rotatable bonds is 1. The Morgan fingerprint density at radius 1 is 0.952 bits per heavy atom. The molecular formula is C15H10O6. The van der Waals surface area contributed by atoms with E-state index in [-0.39, 0.29) is 5.58 Å². The van der Waals surface area contributed by atoms with Crippen molar-refractivity contribution in [2.75, 3.05) is 0 Å². The van der Waals surface area contributed by atoms with E-state index >= 15 is 0 Å². The third-order valence-corrected chi connectivity index (χ3v) is 2.77. The zero-order chi connectivity index (χ0) is 18.6. The summed E-state index contributed by atoms with van der Waals surface area (Å²) in [5.74, 6) is -3.69. The molecule has 1 aromatic heterocycles. The number of aromatic hydroxyl groups is 4. The Bertz CT molecular complexity index is 1080. The lowest BCUT2D eigenvalue weighted by Crippen LogP contribution is -2.02. The van der Waals surface area contributed by atoms with Crippen LogP contribution in [0.15, 0.2) is 45.5 Å². The molecule has 0 amide bonds. The highest BCUT2D eigenvalue weighted by atomic mass is 16.4. The number of benzene rings is 2. The molecule has 3 rings (SSSR count). The van der Waals surface area contributed by atoms with Gasteiger partial charge in [-0.3, -0.25) is 4.79 Å². The van der Waals surface area contributed by atoms with Gasteiger partial charge in [0.1, 0.15) is 28.2 Å². The van der Waals surface area contributed by atoms with Gasteiger partial charge in [-0.25, -0.2) is 0 Å². The predicted octanol–water partition coefficient (Wildman–Crippen LogP) is 2.28. The van der Waals surface area contributed by atoms with Crippen LogP contribution in [-0.4, -0.2) is 20.4 Å². The van der Waals surface area contributed by atoms with Gasteiger partial charge in [0, 0.05) is 17.7 Å². The Hall–Kier alpha value is -3.15. The van der Waals surface area contributed by atoms with Crippen molar-refractivity contribution in [1.29, 1.82) is 0 Å². The molecule has 6 nitrogen and oxygen atoms in total. The number of fused-ring (bicyclic) bond motifs is 1. The molecule has 0 aliphatic carbocycles. The summed E-state index contributed by atoms with van der Waals surface area (Å²) in [6.45, 7) is 0. The van der Waals surface area contributed by atoms with Crippen LogP contribution in [0.1, 0.15) is 5.48 Å². The van der Waals surface area contributed by atoms with E-state index in [1.165, 1.54) is 0 Å². The molecule has 0 fully saturated rings. The fourth-order valence-electron chi connectivity index (χ4n) is 1.86. The molecule has 0 radical (unpaired) electrons. The van der Waals surface area contributed by atoms with Gasteiger partial charge in [-0.2, -0.15) is 0 Å². The van der Waals surface area contributed by atoms with E-state index in [9.17, 15) is 25.2 Å². The Balaban J connectivity index is 2.51. The number of hydrogen-bond donors (Lipinski definition) is 4. The maximum absolute atomic E-state index is 12.3. The molecule has 0 aliphatic rings. The summed E-state index contributed by atoms with van der Waals surface area (Å²) in [6, 6.07) is -1.18. The first kappa shape index (κ1) is 8.91. The predicted molar refractivity (Wildman–Crippen MR) is 74.6 cm³/mol. The number of phenols is 3. The molecule has 0 unspecified atom stereocenters. The van der Waals surface area contributed by atoms with Gasteiger partial charge in [-0.1, -0.05) is 0 Å². The summed E-state index contributed by atoms with van der Waals surface area (Å²) in [7, 11) is 0. The number of phenolic OH excluding ortho intramolecular Hbond substituents is 3. The standard InChI is InChI=1S/C15H10O6/c16-8-3-1-7(2-4-8)15-14(20)13(19)12-10(18)5-9(17)6-11(12)21-15/h1-6,16-18,20H/i1D,2D,3D,4D.